The van der Waals surface area contributed by atoms with Crippen molar-refractivity contribution < 1.29 is 4.74 Å². The van der Waals surface area contributed by atoms with Gasteiger partial charge in [0, 0.05) is 5.56 Å². The fraction of sp³-hybridized carbons (Fsp3) is 0.125. The van der Waals surface area contributed by atoms with Crippen LogP contribution in [0.4, 0.5) is 0 Å². The van der Waals surface area contributed by atoms with E-state index in [2.05, 4.69) is 49.4 Å². The van der Waals surface area contributed by atoms with Crippen molar-refractivity contribution in [3.63, 3.8) is 0 Å². The smallest absolute Gasteiger partial charge is 0.128 e. The maximum absolute atomic E-state index is 5.96. The van der Waals surface area contributed by atoms with E-state index in [1.54, 1.807) is 0 Å². The summed E-state index contributed by atoms with van der Waals surface area (Å²) in [7, 11) is 0. The summed E-state index contributed by atoms with van der Waals surface area (Å²) >= 11 is 0. The van der Waals surface area contributed by atoms with Crippen molar-refractivity contribution in [1.82, 2.24) is 0 Å². The highest BCUT2D eigenvalue weighted by molar-refractivity contribution is 5.80. The molecule has 1 aliphatic heterocycles. The van der Waals surface area contributed by atoms with E-state index >= 15 is 0 Å². The van der Waals surface area contributed by atoms with Crippen LogP contribution in [0.15, 0.2) is 54.6 Å². The summed E-state index contributed by atoms with van der Waals surface area (Å²) < 4.78 is 5.96. The van der Waals surface area contributed by atoms with E-state index in [0.29, 0.717) is 0 Å². The maximum atomic E-state index is 5.96. The molecule has 1 heterocycles. The Morgan fingerprint density at radius 2 is 1.59 bits per heavy atom. The molecule has 1 heteroatoms. The van der Waals surface area contributed by atoms with Gasteiger partial charge in [0.2, 0.25) is 0 Å². The van der Waals surface area contributed by atoms with Gasteiger partial charge in [0.25, 0.3) is 0 Å². The van der Waals surface area contributed by atoms with E-state index < -0.39 is 0 Å². The highest BCUT2D eigenvalue weighted by atomic mass is 16.5. The van der Waals surface area contributed by atoms with Crippen molar-refractivity contribution in [1.29, 1.82) is 0 Å². The lowest BCUT2D eigenvalue weighted by atomic mass is 9.98. The molecule has 0 aliphatic carbocycles. The summed E-state index contributed by atoms with van der Waals surface area (Å²) in [5.41, 5.74) is 3.64. The first kappa shape index (κ1) is 10.2. The van der Waals surface area contributed by atoms with Gasteiger partial charge in [-0.2, -0.15) is 0 Å². The van der Waals surface area contributed by atoms with Crippen molar-refractivity contribution in [2.24, 2.45) is 0 Å². The van der Waals surface area contributed by atoms with E-state index in [1.165, 1.54) is 11.1 Å². The lowest BCUT2D eigenvalue weighted by Gasteiger charge is -2.24. The molecule has 0 fully saturated rings. The molecule has 0 unspecified atom stereocenters. The minimum absolute atomic E-state index is 0.117. The van der Waals surface area contributed by atoms with Crippen LogP contribution >= 0.6 is 0 Å². The number of ether oxygens (including phenoxy) is 1. The second-order valence-corrected chi connectivity index (χ2v) is 4.26. The van der Waals surface area contributed by atoms with Crippen molar-refractivity contribution in [3.8, 4) is 0 Å². The third-order valence-corrected chi connectivity index (χ3v) is 3.08. The molecule has 0 radical (unpaired) electrons. The largest absolute Gasteiger partial charge is 0.485 e. The molecule has 0 amide bonds. The Hall–Kier alpha value is -2.02. The maximum Gasteiger partial charge on any atom is 0.128 e. The molecule has 0 N–H and O–H groups in total. The van der Waals surface area contributed by atoms with Gasteiger partial charge in [0.1, 0.15) is 11.9 Å². The molecule has 0 aromatic heterocycles. The number of rotatable bonds is 1. The van der Waals surface area contributed by atoms with Crippen molar-refractivity contribution >= 4 is 11.8 Å². The molecule has 3 rings (SSSR count). The lowest BCUT2D eigenvalue weighted by Crippen LogP contribution is -2.06. The molecule has 1 aliphatic rings. The van der Waals surface area contributed by atoms with E-state index in [4.69, 9.17) is 4.74 Å². The first-order valence-corrected chi connectivity index (χ1v) is 5.87. The number of benzene rings is 2. The van der Waals surface area contributed by atoms with E-state index in [0.717, 1.165) is 11.3 Å². The van der Waals surface area contributed by atoms with Crippen LogP contribution in [0.25, 0.3) is 11.8 Å². The van der Waals surface area contributed by atoms with Gasteiger partial charge in [0.05, 0.1) is 0 Å². The van der Waals surface area contributed by atoms with E-state index in [9.17, 15) is 0 Å². The summed E-state index contributed by atoms with van der Waals surface area (Å²) in [6.07, 6.45) is 2.23. The molecule has 2 aromatic rings. The van der Waals surface area contributed by atoms with Crippen molar-refractivity contribution in [2.45, 2.75) is 13.0 Å². The Labute approximate surface area is 101 Å². The molecule has 0 spiro atoms. The predicted octanol–water partition coefficient (Wildman–Crippen LogP) is 4.28. The van der Waals surface area contributed by atoms with E-state index in [1.807, 2.05) is 18.2 Å². The van der Waals surface area contributed by atoms with Gasteiger partial charge in [-0.3, -0.25) is 0 Å². The van der Waals surface area contributed by atoms with Crippen LogP contribution in [0.3, 0.4) is 0 Å². The van der Waals surface area contributed by atoms with Crippen LogP contribution in [0, 0.1) is 0 Å². The topological polar surface area (TPSA) is 9.23 Å². The first-order chi connectivity index (χ1) is 8.34. The minimum atomic E-state index is 0.117. The van der Waals surface area contributed by atoms with Gasteiger partial charge in [-0.15, -0.1) is 0 Å². The van der Waals surface area contributed by atoms with Gasteiger partial charge in [-0.25, -0.2) is 0 Å². The van der Waals surface area contributed by atoms with Crippen LogP contribution < -0.4 is 0 Å². The number of hydrogen-bond acceptors (Lipinski definition) is 1. The fourth-order valence-electron chi connectivity index (χ4n) is 2.20. The summed E-state index contributed by atoms with van der Waals surface area (Å²) in [5.74, 6) is 0.955. The molecule has 84 valence electrons. The minimum Gasteiger partial charge on any atom is -0.485 e. The zero-order valence-corrected chi connectivity index (χ0v) is 9.76. The second-order valence-electron chi connectivity index (χ2n) is 4.26. The average molecular weight is 222 g/mol. The Bertz CT molecular complexity index is 555. The van der Waals surface area contributed by atoms with E-state index in [-0.39, 0.29) is 6.10 Å². The van der Waals surface area contributed by atoms with Gasteiger partial charge in [-0.1, -0.05) is 54.6 Å². The first-order valence-electron chi connectivity index (χ1n) is 5.87. The highest BCUT2D eigenvalue weighted by Gasteiger charge is 2.18. The van der Waals surface area contributed by atoms with Crippen LogP contribution in [0.2, 0.25) is 0 Å². The Balaban J connectivity index is 2.08. The van der Waals surface area contributed by atoms with Crippen LogP contribution in [-0.4, -0.2) is 0 Å². The molecule has 0 bridgehead atoms. The normalized spacial score (nSPS) is 17.9. The van der Waals surface area contributed by atoms with Crippen LogP contribution in [0.1, 0.15) is 29.7 Å². The molecule has 1 nitrogen and oxygen atoms in total. The predicted molar refractivity (Wildman–Crippen MR) is 70.3 cm³/mol. The molecule has 17 heavy (non-hydrogen) atoms. The third-order valence-electron chi connectivity index (χ3n) is 3.08. The summed E-state index contributed by atoms with van der Waals surface area (Å²) in [5, 5.41) is 0. The zero-order chi connectivity index (χ0) is 11.7. The summed E-state index contributed by atoms with van der Waals surface area (Å²) in [4.78, 5) is 0. The lowest BCUT2D eigenvalue weighted by molar-refractivity contribution is 0.186. The molecule has 0 saturated heterocycles. The third kappa shape index (κ3) is 1.84. The van der Waals surface area contributed by atoms with Crippen molar-refractivity contribution in [3.05, 3.63) is 71.3 Å². The molecule has 1 atom stereocenters. The average Bonchev–Trinajstić information content (AvgIpc) is 2.40. The SMILES string of the molecule is C[C@H]1OC(c2ccccc2)=Cc2ccccc21. The van der Waals surface area contributed by atoms with Gasteiger partial charge < -0.3 is 4.74 Å². The quantitative estimate of drug-likeness (QED) is 0.700. The van der Waals surface area contributed by atoms with Gasteiger partial charge in [0.15, 0.2) is 0 Å². The summed E-state index contributed by atoms with van der Waals surface area (Å²) in [6, 6.07) is 18.6. The fourth-order valence-corrected chi connectivity index (χ4v) is 2.20. The Morgan fingerprint density at radius 1 is 0.882 bits per heavy atom. The number of fused-ring (bicyclic) bond motifs is 1. The summed E-state index contributed by atoms with van der Waals surface area (Å²) in [6.45, 7) is 2.09. The molecular formula is C16H14O. The van der Waals surface area contributed by atoms with Crippen LogP contribution in [-0.2, 0) is 4.74 Å². The second kappa shape index (κ2) is 4.10. The Kier molecular flexibility index (Phi) is 2.45. The van der Waals surface area contributed by atoms with Crippen molar-refractivity contribution in [2.75, 3.05) is 0 Å². The van der Waals surface area contributed by atoms with Gasteiger partial charge in [-0.05, 0) is 24.1 Å². The van der Waals surface area contributed by atoms with Crippen LogP contribution in [0.5, 0.6) is 0 Å². The molecular weight excluding hydrogens is 208 g/mol. The highest BCUT2D eigenvalue weighted by Crippen LogP contribution is 2.34. The molecule has 2 aromatic carbocycles. The Morgan fingerprint density at radius 3 is 2.41 bits per heavy atom. The zero-order valence-electron chi connectivity index (χ0n) is 9.76. The standard InChI is InChI=1S/C16H14O/c1-12-15-10-6-5-9-14(15)11-16(17-12)13-7-3-2-4-8-13/h2-12H,1H3/t12-/m1/s1. The number of hydrogen-bond donors (Lipinski definition) is 0. The monoisotopic (exact) mass is 222 g/mol. The van der Waals surface area contributed by atoms with Gasteiger partial charge >= 0.3 is 0 Å². The molecule has 0 saturated carbocycles.